The first kappa shape index (κ1) is 19.0. The van der Waals surface area contributed by atoms with Gasteiger partial charge in [0.25, 0.3) is 0 Å². The van der Waals surface area contributed by atoms with Crippen molar-refractivity contribution in [1.29, 1.82) is 0 Å². The maximum atomic E-state index is 11.3. The van der Waals surface area contributed by atoms with Crippen LogP contribution in [0.1, 0.15) is 4.88 Å². The summed E-state index contributed by atoms with van der Waals surface area (Å²) in [5, 5.41) is 13.6. The van der Waals surface area contributed by atoms with Gasteiger partial charge in [0.2, 0.25) is 0 Å². The fourth-order valence-corrected chi connectivity index (χ4v) is 3.74. The maximum Gasteiger partial charge on any atom is 0.308 e. The first-order valence-corrected chi connectivity index (χ1v) is 9.16. The molecule has 0 aliphatic heterocycles. The van der Waals surface area contributed by atoms with Crippen LogP contribution in [0.4, 0.5) is 10.8 Å². The first-order chi connectivity index (χ1) is 13.0. The van der Waals surface area contributed by atoms with E-state index in [4.69, 9.17) is 21.1 Å². The lowest BCUT2D eigenvalue weighted by molar-refractivity contribution is -0.136. The first-order valence-electron chi connectivity index (χ1n) is 7.96. The Balaban J connectivity index is 2.06. The Hall–Kier alpha value is -2.77. The van der Waals surface area contributed by atoms with Crippen LogP contribution < -0.4 is 14.8 Å². The summed E-state index contributed by atoms with van der Waals surface area (Å²) < 4.78 is 10.7. The van der Waals surface area contributed by atoms with Crippen LogP contribution >= 0.6 is 22.9 Å². The number of methoxy groups -OCH3 is 2. The van der Waals surface area contributed by atoms with E-state index in [2.05, 4.69) is 10.3 Å². The third-order valence-corrected chi connectivity index (χ3v) is 4.95. The van der Waals surface area contributed by atoms with Crippen LogP contribution in [0.25, 0.3) is 11.3 Å². The number of halogens is 1. The number of carboxylic acid groups (broad SMARTS) is 1. The summed E-state index contributed by atoms with van der Waals surface area (Å²) in [4.78, 5) is 16.5. The van der Waals surface area contributed by atoms with E-state index in [1.54, 1.807) is 44.6 Å². The average molecular weight is 405 g/mol. The highest BCUT2D eigenvalue weighted by molar-refractivity contribution is 7.16. The molecule has 27 heavy (non-hydrogen) atoms. The molecule has 6 nitrogen and oxygen atoms in total. The maximum absolute atomic E-state index is 11.3. The molecule has 0 spiro atoms. The molecular weight excluding hydrogens is 388 g/mol. The van der Waals surface area contributed by atoms with Crippen LogP contribution in [-0.2, 0) is 11.2 Å². The fourth-order valence-electron chi connectivity index (χ4n) is 2.56. The Labute approximate surface area is 165 Å². The molecule has 0 radical (unpaired) electrons. The highest BCUT2D eigenvalue weighted by atomic mass is 35.5. The van der Waals surface area contributed by atoms with Crippen molar-refractivity contribution in [2.45, 2.75) is 6.42 Å². The van der Waals surface area contributed by atoms with Gasteiger partial charge in [0.05, 0.1) is 26.3 Å². The molecule has 1 heterocycles. The number of rotatable bonds is 7. The van der Waals surface area contributed by atoms with E-state index in [-0.39, 0.29) is 6.42 Å². The number of hydrogen-bond donors (Lipinski definition) is 2. The van der Waals surface area contributed by atoms with Gasteiger partial charge < -0.3 is 19.9 Å². The van der Waals surface area contributed by atoms with Crippen LogP contribution in [0.2, 0.25) is 5.02 Å². The molecule has 3 rings (SSSR count). The molecule has 0 saturated carbocycles. The molecule has 0 atom stereocenters. The zero-order chi connectivity index (χ0) is 19.4. The molecule has 140 valence electrons. The van der Waals surface area contributed by atoms with E-state index in [1.165, 1.54) is 11.3 Å². The van der Waals surface area contributed by atoms with Gasteiger partial charge in [-0.05, 0) is 36.4 Å². The molecule has 1 aromatic heterocycles. The predicted octanol–water partition coefficient (Wildman–Crippen LogP) is 4.85. The van der Waals surface area contributed by atoms with E-state index in [9.17, 15) is 9.90 Å². The van der Waals surface area contributed by atoms with Crippen molar-refractivity contribution in [1.82, 2.24) is 4.98 Å². The second-order valence-electron chi connectivity index (χ2n) is 5.56. The predicted molar refractivity (Wildman–Crippen MR) is 107 cm³/mol. The number of benzene rings is 2. The lowest BCUT2D eigenvalue weighted by Crippen LogP contribution is -2.00. The summed E-state index contributed by atoms with van der Waals surface area (Å²) in [6.07, 6.45) is -0.148. The zero-order valence-electron chi connectivity index (χ0n) is 14.7. The van der Waals surface area contributed by atoms with Crippen molar-refractivity contribution in [3.63, 3.8) is 0 Å². The van der Waals surface area contributed by atoms with Gasteiger partial charge in [-0.15, -0.1) is 11.3 Å². The van der Waals surface area contributed by atoms with Crippen molar-refractivity contribution >= 4 is 39.7 Å². The molecule has 2 aromatic carbocycles. The van der Waals surface area contributed by atoms with Crippen LogP contribution in [0, 0.1) is 0 Å². The van der Waals surface area contributed by atoms with Crippen LogP contribution in [-0.4, -0.2) is 30.3 Å². The minimum absolute atomic E-state index is 0.148. The topological polar surface area (TPSA) is 80.7 Å². The summed E-state index contributed by atoms with van der Waals surface area (Å²) in [7, 11) is 3.12. The molecule has 0 unspecified atom stereocenters. The number of aromatic nitrogens is 1. The second-order valence-corrected chi connectivity index (χ2v) is 7.08. The SMILES string of the molecule is COc1ccc(OC)c(-c2nc(Nc3cccc(Cl)c3)sc2CC(=O)O)c1. The number of nitrogens with zero attached hydrogens (tertiary/aromatic N) is 1. The Morgan fingerprint density at radius 2 is 2.04 bits per heavy atom. The normalized spacial score (nSPS) is 10.5. The summed E-state index contributed by atoms with van der Waals surface area (Å²) in [5.74, 6) is 0.280. The lowest BCUT2D eigenvalue weighted by Gasteiger charge is -2.10. The van der Waals surface area contributed by atoms with E-state index < -0.39 is 5.97 Å². The van der Waals surface area contributed by atoms with Gasteiger partial charge >= 0.3 is 5.97 Å². The van der Waals surface area contributed by atoms with Crippen molar-refractivity contribution in [2.24, 2.45) is 0 Å². The van der Waals surface area contributed by atoms with Gasteiger partial charge in [-0.25, -0.2) is 4.98 Å². The van der Waals surface area contributed by atoms with Gasteiger partial charge in [-0.2, -0.15) is 0 Å². The molecule has 0 saturated heterocycles. The lowest BCUT2D eigenvalue weighted by atomic mass is 10.1. The van der Waals surface area contributed by atoms with E-state index in [0.717, 1.165) is 5.69 Å². The minimum atomic E-state index is -0.934. The van der Waals surface area contributed by atoms with Gasteiger partial charge in [0, 0.05) is 21.2 Å². The van der Waals surface area contributed by atoms with Gasteiger partial charge in [-0.1, -0.05) is 17.7 Å². The smallest absolute Gasteiger partial charge is 0.308 e. The van der Waals surface area contributed by atoms with E-state index >= 15 is 0 Å². The van der Waals surface area contributed by atoms with Crippen molar-refractivity contribution in [3.8, 4) is 22.8 Å². The number of anilines is 2. The highest BCUT2D eigenvalue weighted by Crippen LogP contribution is 2.39. The molecule has 3 aromatic rings. The molecule has 0 bridgehead atoms. The second kappa shape index (κ2) is 8.28. The third kappa shape index (κ3) is 4.50. The van der Waals surface area contributed by atoms with Crippen LogP contribution in [0.15, 0.2) is 42.5 Å². The monoisotopic (exact) mass is 404 g/mol. The Kier molecular flexibility index (Phi) is 5.83. The number of aliphatic carboxylic acids is 1. The number of hydrogen-bond acceptors (Lipinski definition) is 6. The number of nitrogens with one attached hydrogen (secondary N) is 1. The molecule has 0 fully saturated rings. The third-order valence-electron chi connectivity index (χ3n) is 3.75. The standard InChI is InChI=1S/C19H17ClN2O4S/c1-25-13-6-7-15(26-2)14(9-13)18-16(10-17(23)24)27-19(22-18)21-12-5-3-4-11(20)8-12/h3-9H,10H2,1-2H3,(H,21,22)(H,23,24). The number of carboxylic acids is 1. The Bertz CT molecular complexity index is 974. The van der Waals surface area contributed by atoms with Gasteiger partial charge in [-0.3, -0.25) is 4.79 Å². The number of thiazole rings is 1. The van der Waals surface area contributed by atoms with Crippen molar-refractivity contribution in [2.75, 3.05) is 19.5 Å². The zero-order valence-corrected chi connectivity index (χ0v) is 16.2. The minimum Gasteiger partial charge on any atom is -0.497 e. The fraction of sp³-hybridized carbons (Fsp3) is 0.158. The molecule has 0 aliphatic carbocycles. The molecule has 2 N–H and O–H groups in total. The quantitative estimate of drug-likeness (QED) is 0.585. The van der Waals surface area contributed by atoms with Gasteiger partial charge in [0.15, 0.2) is 5.13 Å². The van der Waals surface area contributed by atoms with Gasteiger partial charge in [0.1, 0.15) is 11.5 Å². The number of ether oxygens (including phenoxy) is 2. The molecule has 0 aliphatic rings. The summed E-state index contributed by atoms with van der Waals surface area (Å²) in [6, 6.07) is 12.5. The molecule has 8 heteroatoms. The largest absolute Gasteiger partial charge is 0.497 e. The van der Waals surface area contributed by atoms with Crippen LogP contribution in [0.3, 0.4) is 0 Å². The molecule has 0 amide bonds. The van der Waals surface area contributed by atoms with Crippen LogP contribution in [0.5, 0.6) is 11.5 Å². The van der Waals surface area contributed by atoms with E-state index in [0.29, 0.717) is 37.8 Å². The van der Waals surface area contributed by atoms with E-state index in [1.807, 2.05) is 12.1 Å². The summed E-state index contributed by atoms with van der Waals surface area (Å²) >= 11 is 7.29. The Morgan fingerprint density at radius 3 is 2.70 bits per heavy atom. The van der Waals surface area contributed by atoms with Crippen molar-refractivity contribution in [3.05, 3.63) is 52.4 Å². The highest BCUT2D eigenvalue weighted by Gasteiger charge is 2.20. The molecular formula is C19H17ClN2O4S. The average Bonchev–Trinajstić information content (AvgIpc) is 3.02. The van der Waals surface area contributed by atoms with Crippen molar-refractivity contribution < 1.29 is 19.4 Å². The number of carbonyl (C=O) groups is 1. The summed E-state index contributed by atoms with van der Waals surface area (Å²) in [6.45, 7) is 0. The summed E-state index contributed by atoms with van der Waals surface area (Å²) in [5.41, 5.74) is 1.98. The Morgan fingerprint density at radius 1 is 1.22 bits per heavy atom.